The zero-order valence-electron chi connectivity index (χ0n) is 12.5. The van der Waals surface area contributed by atoms with Gasteiger partial charge in [-0.1, -0.05) is 77.5 Å². The highest BCUT2D eigenvalue weighted by molar-refractivity contribution is 5.81. The van der Waals surface area contributed by atoms with E-state index in [2.05, 4.69) is 20.1 Å². The minimum atomic E-state index is -0.360. The number of carbonyl (C=O) groups excluding carboxylic acids is 1. The molecule has 0 aliphatic heterocycles. The quantitative estimate of drug-likeness (QED) is 0.198. The molecule has 0 heterocycles. The lowest BCUT2D eigenvalue weighted by molar-refractivity contribution is -0.141. The van der Waals surface area contributed by atoms with Crippen molar-refractivity contribution in [2.24, 2.45) is 0 Å². The van der Waals surface area contributed by atoms with Crippen LogP contribution in [-0.4, -0.2) is 12.1 Å². The van der Waals surface area contributed by atoms with Crippen molar-refractivity contribution in [2.75, 3.05) is 0 Å². The van der Waals surface area contributed by atoms with Crippen molar-refractivity contribution in [3.63, 3.8) is 0 Å². The lowest BCUT2D eigenvalue weighted by atomic mass is 10.1. The molecule has 0 fully saturated rings. The van der Waals surface area contributed by atoms with E-state index in [9.17, 15) is 4.79 Å². The van der Waals surface area contributed by atoms with Gasteiger partial charge in [-0.3, -0.25) is 0 Å². The van der Waals surface area contributed by atoms with Crippen LogP contribution in [0.2, 0.25) is 0 Å². The van der Waals surface area contributed by atoms with Gasteiger partial charge in [0.15, 0.2) is 0 Å². The van der Waals surface area contributed by atoms with Crippen molar-refractivity contribution in [3.8, 4) is 0 Å². The fraction of sp³-hybridized carbons (Fsp3) is 0.706. The van der Waals surface area contributed by atoms with Crippen LogP contribution in [0.1, 0.15) is 71.1 Å². The molecular weight excluding hydrogens is 236 g/mol. The van der Waals surface area contributed by atoms with Crippen molar-refractivity contribution in [1.82, 2.24) is 0 Å². The van der Waals surface area contributed by atoms with Crippen LogP contribution in [0.3, 0.4) is 0 Å². The molecule has 0 aromatic heterocycles. The minimum absolute atomic E-state index is 0.157. The summed E-state index contributed by atoms with van der Waals surface area (Å²) in [6, 6.07) is 0. The van der Waals surface area contributed by atoms with Gasteiger partial charge < -0.3 is 4.74 Å². The number of carbonyl (C=O) groups is 1. The molecular formula is C17H30O2. The first-order valence-corrected chi connectivity index (χ1v) is 7.70. The summed E-state index contributed by atoms with van der Waals surface area (Å²) in [6.45, 7) is 9.33. The summed E-state index contributed by atoms with van der Waals surface area (Å²) in [7, 11) is 0. The largest absolute Gasteiger partial charge is 0.455 e. The number of esters is 1. The van der Waals surface area contributed by atoms with Gasteiger partial charge in [-0.15, -0.1) is 0 Å². The Bertz CT molecular complexity index is 246. The Morgan fingerprint density at radius 1 is 1.00 bits per heavy atom. The molecule has 110 valence electrons. The van der Waals surface area contributed by atoms with Gasteiger partial charge in [0.2, 0.25) is 0 Å². The Morgan fingerprint density at radius 2 is 1.53 bits per heavy atom. The molecule has 0 N–H and O–H groups in total. The third kappa shape index (κ3) is 11.8. The molecule has 1 atom stereocenters. The average molecular weight is 266 g/mol. The van der Waals surface area contributed by atoms with E-state index < -0.39 is 0 Å². The van der Waals surface area contributed by atoms with Crippen LogP contribution in [0.4, 0.5) is 0 Å². The van der Waals surface area contributed by atoms with Crippen LogP contribution >= 0.6 is 0 Å². The molecule has 0 rings (SSSR count). The predicted molar refractivity (Wildman–Crippen MR) is 82.1 cm³/mol. The molecule has 0 amide bonds. The van der Waals surface area contributed by atoms with E-state index in [-0.39, 0.29) is 12.1 Å². The van der Waals surface area contributed by atoms with E-state index in [1.54, 1.807) is 6.08 Å². The number of hydrogen-bond donors (Lipinski definition) is 0. The molecule has 0 spiro atoms. The third-order valence-corrected chi connectivity index (χ3v) is 3.29. The van der Waals surface area contributed by atoms with Crippen LogP contribution in [0, 0.1) is 0 Å². The number of ether oxygens (including phenoxy) is 1. The van der Waals surface area contributed by atoms with E-state index in [1.807, 2.05) is 0 Å². The van der Waals surface area contributed by atoms with E-state index >= 15 is 0 Å². The van der Waals surface area contributed by atoms with Crippen molar-refractivity contribution >= 4 is 5.97 Å². The van der Waals surface area contributed by atoms with Gasteiger partial charge in [-0.2, -0.15) is 0 Å². The van der Waals surface area contributed by atoms with Crippen molar-refractivity contribution in [1.29, 1.82) is 0 Å². The smallest absolute Gasteiger partial charge is 0.330 e. The molecule has 2 nitrogen and oxygen atoms in total. The Labute approximate surface area is 118 Å². The molecule has 0 saturated carbocycles. The maximum atomic E-state index is 11.1. The third-order valence-electron chi connectivity index (χ3n) is 3.29. The second-order valence-electron chi connectivity index (χ2n) is 5.03. The fourth-order valence-electron chi connectivity index (χ4n) is 2.08. The highest BCUT2D eigenvalue weighted by Crippen LogP contribution is 2.13. The lowest BCUT2D eigenvalue weighted by Crippen LogP contribution is -2.13. The van der Waals surface area contributed by atoms with Crippen LogP contribution in [-0.2, 0) is 9.53 Å². The molecule has 0 aliphatic carbocycles. The second-order valence-corrected chi connectivity index (χ2v) is 5.03. The number of hydrogen-bond acceptors (Lipinski definition) is 2. The molecule has 0 aromatic carbocycles. The van der Waals surface area contributed by atoms with E-state index in [0.29, 0.717) is 0 Å². The van der Waals surface area contributed by atoms with Crippen LogP contribution in [0.25, 0.3) is 0 Å². The highest BCUT2D eigenvalue weighted by Gasteiger charge is 2.07. The van der Waals surface area contributed by atoms with Gasteiger partial charge in [0.05, 0.1) is 0 Å². The average Bonchev–Trinajstić information content (AvgIpc) is 2.43. The zero-order valence-corrected chi connectivity index (χ0v) is 12.5. The topological polar surface area (TPSA) is 26.3 Å². The van der Waals surface area contributed by atoms with E-state index in [4.69, 9.17) is 4.74 Å². The van der Waals surface area contributed by atoms with E-state index in [1.165, 1.54) is 57.4 Å². The normalized spacial score (nSPS) is 11.8. The monoisotopic (exact) mass is 266 g/mol. The highest BCUT2D eigenvalue weighted by atomic mass is 16.5. The Kier molecular flexibility index (Phi) is 12.6. The summed E-state index contributed by atoms with van der Waals surface area (Å²) in [5, 5.41) is 0. The second kappa shape index (κ2) is 13.4. The minimum Gasteiger partial charge on any atom is -0.455 e. The molecule has 0 saturated heterocycles. The standard InChI is InChI=1S/C17H30O2/c1-4-7-8-9-10-11-12-13-14-15-16(5-2)19-17(18)6-3/h5-6,16H,2-4,7-15H2,1H3/t16-/m0/s1. The summed E-state index contributed by atoms with van der Waals surface area (Å²) in [5.74, 6) is -0.360. The van der Waals surface area contributed by atoms with E-state index in [0.717, 1.165) is 12.8 Å². The summed E-state index contributed by atoms with van der Waals surface area (Å²) < 4.78 is 5.15. The van der Waals surface area contributed by atoms with Gasteiger partial charge in [-0.25, -0.2) is 4.79 Å². The molecule has 19 heavy (non-hydrogen) atoms. The predicted octanol–water partition coefficient (Wildman–Crippen LogP) is 5.19. The summed E-state index contributed by atoms with van der Waals surface area (Å²) in [4.78, 5) is 11.1. The van der Waals surface area contributed by atoms with Crippen molar-refractivity contribution in [2.45, 2.75) is 77.2 Å². The zero-order chi connectivity index (χ0) is 14.3. The molecule has 0 radical (unpaired) electrons. The first-order chi connectivity index (χ1) is 9.24. The maximum Gasteiger partial charge on any atom is 0.330 e. The molecule has 0 aliphatic rings. The first kappa shape index (κ1) is 17.9. The Balaban J connectivity index is 3.38. The van der Waals surface area contributed by atoms with Crippen LogP contribution in [0.5, 0.6) is 0 Å². The Morgan fingerprint density at radius 3 is 2.00 bits per heavy atom. The Hall–Kier alpha value is -1.05. The summed E-state index contributed by atoms with van der Waals surface area (Å²) in [6.07, 6.45) is 15.3. The summed E-state index contributed by atoms with van der Waals surface area (Å²) >= 11 is 0. The molecule has 0 unspecified atom stereocenters. The fourth-order valence-corrected chi connectivity index (χ4v) is 2.08. The van der Waals surface area contributed by atoms with Gasteiger partial charge in [0, 0.05) is 6.08 Å². The van der Waals surface area contributed by atoms with Gasteiger partial charge in [-0.05, 0) is 12.8 Å². The first-order valence-electron chi connectivity index (χ1n) is 7.70. The van der Waals surface area contributed by atoms with Crippen molar-refractivity contribution in [3.05, 3.63) is 25.3 Å². The summed E-state index contributed by atoms with van der Waals surface area (Å²) in [5.41, 5.74) is 0. The number of unbranched alkanes of at least 4 members (excludes halogenated alkanes) is 8. The van der Waals surface area contributed by atoms with Gasteiger partial charge in [0.1, 0.15) is 6.10 Å². The van der Waals surface area contributed by atoms with Gasteiger partial charge in [0.25, 0.3) is 0 Å². The molecule has 0 bridgehead atoms. The molecule has 2 heteroatoms. The van der Waals surface area contributed by atoms with Crippen LogP contribution < -0.4 is 0 Å². The lowest BCUT2D eigenvalue weighted by Gasteiger charge is -2.12. The number of rotatable bonds is 13. The van der Waals surface area contributed by atoms with Crippen LogP contribution in [0.15, 0.2) is 25.3 Å². The maximum absolute atomic E-state index is 11.1. The van der Waals surface area contributed by atoms with Gasteiger partial charge >= 0.3 is 5.97 Å². The SMILES string of the molecule is C=CC(=O)O[C@@H](C=C)CCCCCCCCCCC. The van der Waals surface area contributed by atoms with Crippen molar-refractivity contribution < 1.29 is 9.53 Å². The molecule has 0 aromatic rings.